The van der Waals surface area contributed by atoms with E-state index in [4.69, 9.17) is 0 Å². The van der Waals surface area contributed by atoms with Gasteiger partial charge in [-0.1, -0.05) is 30.3 Å². The molecule has 2 heterocycles. The highest BCUT2D eigenvalue weighted by Crippen LogP contribution is 2.25. The van der Waals surface area contributed by atoms with Crippen LogP contribution in [0.2, 0.25) is 0 Å². The van der Waals surface area contributed by atoms with Crippen LogP contribution < -0.4 is 10.6 Å². The summed E-state index contributed by atoms with van der Waals surface area (Å²) in [6, 6.07) is 19.4. The second-order valence-corrected chi connectivity index (χ2v) is 6.96. The summed E-state index contributed by atoms with van der Waals surface area (Å²) in [5.74, 6) is -0.625. The summed E-state index contributed by atoms with van der Waals surface area (Å²) < 4.78 is 0. The van der Waals surface area contributed by atoms with Crippen LogP contribution >= 0.6 is 11.3 Å². The van der Waals surface area contributed by atoms with E-state index in [9.17, 15) is 9.59 Å². The van der Waals surface area contributed by atoms with E-state index in [1.54, 1.807) is 60.9 Å². The van der Waals surface area contributed by atoms with Gasteiger partial charge < -0.3 is 5.32 Å². The molecule has 0 atom stereocenters. The molecule has 0 aliphatic rings. The number of rotatable bonds is 5. The van der Waals surface area contributed by atoms with Gasteiger partial charge in [0.25, 0.3) is 11.8 Å². The first-order valence-electron chi connectivity index (χ1n) is 8.83. The van der Waals surface area contributed by atoms with Gasteiger partial charge in [0, 0.05) is 28.9 Å². The monoisotopic (exact) mass is 400 g/mol. The summed E-state index contributed by atoms with van der Waals surface area (Å²) in [7, 11) is 0. The third-order valence-electron chi connectivity index (χ3n) is 4.14. The smallest absolute Gasteiger partial charge is 0.259 e. The number of carbonyl (C=O) groups is 2. The number of anilines is 2. The van der Waals surface area contributed by atoms with Crippen molar-refractivity contribution >= 4 is 34.0 Å². The molecular formula is C22H16N4O2S. The fraction of sp³-hybridized carbons (Fsp3) is 0. The molecule has 2 amide bonds. The predicted molar refractivity (Wildman–Crippen MR) is 114 cm³/mol. The maximum absolute atomic E-state index is 12.8. The average Bonchev–Trinajstić information content (AvgIpc) is 3.24. The number of amides is 2. The van der Waals surface area contributed by atoms with Crippen molar-refractivity contribution in [2.45, 2.75) is 0 Å². The van der Waals surface area contributed by atoms with Crippen molar-refractivity contribution in [2.24, 2.45) is 0 Å². The second kappa shape index (κ2) is 8.45. The highest BCUT2D eigenvalue weighted by Gasteiger charge is 2.15. The van der Waals surface area contributed by atoms with Crippen LogP contribution in [0.5, 0.6) is 0 Å². The van der Waals surface area contributed by atoms with E-state index >= 15 is 0 Å². The van der Waals surface area contributed by atoms with Crippen molar-refractivity contribution in [2.75, 3.05) is 10.6 Å². The molecule has 4 rings (SSSR count). The number of aromatic nitrogens is 2. The summed E-state index contributed by atoms with van der Waals surface area (Å²) in [6.07, 6.45) is 3.41. The quantitative estimate of drug-likeness (QED) is 0.508. The Kier molecular flexibility index (Phi) is 5.40. The highest BCUT2D eigenvalue weighted by molar-refractivity contribution is 7.14. The normalized spacial score (nSPS) is 10.3. The van der Waals surface area contributed by atoms with Gasteiger partial charge in [-0.2, -0.15) is 0 Å². The van der Waals surface area contributed by atoms with Gasteiger partial charge in [-0.15, -0.1) is 11.3 Å². The molecule has 0 spiro atoms. The number of carbonyl (C=O) groups excluding carboxylic acids is 2. The van der Waals surface area contributed by atoms with Gasteiger partial charge >= 0.3 is 0 Å². The number of hydrogen-bond donors (Lipinski definition) is 2. The standard InChI is InChI=1S/C22H16N4O2S/c27-20(15-7-2-1-3-8-15)24-18-11-5-4-10-17(18)21(28)26-22-25-19(14-29-22)16-9-6-12-23-13-16/h1-14H,(H,24,27)(H,25,26,28). The molecule has 142 valence electrons. The van der Waals surface area contributed by atoms with Crippen molar-refractivity contribution in [3.05, 3.63) is 95.6 Å². The molecule has 6 nitrogen and oxygen atoms in total. The molecule has 0 saturated carbocycles. The number of pyridine rings is 1. The van der Waals surface area contributed by atoms with Gasteiger partial charge in [-0.25, -0.2) is 4.98 Å². The zero-order valence-corrected chi connectivity index (χ0v) is 16.0. The molecule has 2 aromatic heterocycles. The molecule has 2 N–H and O–H groups in total. The van der Waals surface area contributed by atoms with Crippen molar-refractivity contribution in [1.82, 2.24) is 9.97 Å². The van der Waals surface area contributed by atoms with Crippen LogP contribution in [0.4, 0.5) is 10.8 Å². The molecule has 2 aromatic carbocycles. The molecule has 0 bridgehead atoms. The second-order valence-electron chi connectivity index (χ2n) is 6.10. The number of benzene rings is 2. The molecule has 0 radical (unpaired) electrons. The van der Waals surface area contributed by atoms with E-state index in [1.807, 2.05) is 23.6 Å². The lowest BCUT2D eigenvalue weighted by Gasteiger charge is -2.10. The van der Waals surface area contributed by atoms with Crippen LogP contribution in [0.15, 0.2) is 84.5 Å². The average molecular weight is 400 g/mol. The lowest BCUT2D eigenvalue weighted by molar-refractivity contribution is 0.102. The molecule has 4 aromatic rings. The maximum atomic E-state index is 12.8. The minimum atomic E-state index is -0.346. The zero-order valence-electron chi connectivity index (χ0n) is 15.2. The maximum Gasteiger partial charge on any atom is 0.259 e. The lowest BCUT2D eigenvalue weighted by atomic mass is 10.1. The van der Waals surface area contributed by atoms with Crippen LogP contribution in [0.1, 0.15) is 20.7 Å². The first kappa shape index (κ1) is 18.5. The Morgan fingerprint density at radius 3 is 2.41 bits per heavy atom. The fourth-order valence-electron chi connectivity index (χ4n) is 2.72. The fourth-order valence-corrected chi connectivity index (χ4v) is 3.43. The molecule has 0 aliphatic carbocycles. The van der Waals surface area contributed by atoms with E-state index in [0.717, 1.165) is 11.3 Å². The van der Waals surface area contributed by atoms with Crippen molar-refractivity contribution in [3.8, 4) is 11.3 Å². The molecule has 0 aliphatic heterocycles. The molecule has 29 heavy (non-hydrogen) atoms. The topological polar surface area (TPSA) is 84.0 Å². The van der Waals surface area contributed by atoms with Gasteiger partial charge in [0.1, 0.15) is 0 Å². The Balaban J connectivity index is 1.51. The van der Waals surface area contributed by atoms with Crippen LogP contribution in [-0.2, 0) is 0 Å². The minimum Gasteiger partial charge on any atom is -0.321 e. The molecule has 7 heteroatoms. The number of para-hydroxylation sites is 1. The van der Waals surface area contributed by atoms with Crippen molar-refractivity contribution in [1.29, 1.82) is 0 Å². The highest BCUT2D eigenvalue weighted by atomic mass is 32.1. The summed E-state index contributed by atoms with van der Waals surface area (Å²) in [5.41, 5.74) is 2.92. The number of nitrogens with one attached hydrogen (secondary N) is 2. The Labute approximate surface area is 171 Å². The third-order valence-corrected chi connectivity index (χ3v) is 4.90. The van der Waals surface area contributed by atoms with Gasteiger partial charge in [-0.3, -0.25) is 19.9 Å². The van der Waals surface area contributed by atoms with Crippen molar-refractivity contribution in [3.63, 3.8) is 0 Å². The molecular weight excluding hydrogens is 384 g/mol. The summed E-state index contributed by atoms with van der Waals surface area (Å²) in [4.78, 5) is 33.8. The van der Waals surface area contributed by atoms with Crippen LogP contribution in [-0.4, -0.2) is 21.8 Å². The Morgan fingerprint density at radius 1 is 0.828 bits per heavy atom. The lowest BCUT2D eigenvalue weighted by Crippen LogP contribution is -2.18. The third kappa shape index (κ3) is 4.36. The van der Waals surface area contributed by atoms with E-state index < -0.39 is 0 Å². The van der Waals surface area contributed by atoms with E-state index in [-0.39, 0.29) is 11.8 Å². The van der Waals surface area contributed by atoms with Crippen LogP contribution in [0.3, 0.4) is 0 Å². The number of hydrogen-bond acceptors (Lipinski definition) is 5. The molecule has 0 unspecified atom stereocenters. The van der Waals surface area contributed by atoms with Crippen LogP contribution in [0, 0.1) is 0 Å². The summed E-state index contributed by atoms with van der Waals surface area (Å²) >= 11 is 1.33. The van der Waals surface area contributed by atoms with Gasteiger partial charge in [0.15, 0.2) is 5.13 Å². The van der Waals surface area contributed by atoms with Crippen molar-refractivity contribution < 1.29 is 9.59 Å². The molecule has 0 fully saturated rings. The Bertz CT molecular complexity index is 1140. The predicted octanol–water partition coefficient (Wildman–Crippen LogP) is 4.71. The Morgan fingerprint density at radius 2 is 1.62 bits per heavy atom. The number of nitrogens with zero attached hydrogens (tertiary/aromatic N) is 2. The summed E-state index contributed by atoms with van der Waals surface area (Å²) in [5, 5.41) is 7.93. The van der Waals surface area contributed by atoms with E-state index in [1.165, 1.54) is 11.3 Å². The minimum absolute atomic E-state index is 0.279. The zero-order chi connectivity index (χ0) is 20.1. The van der Waals surface area contributed by atoms with E-state index in [2.05, 4.69) is 20.6 Å². The largest absolute Gasteiger partial charge is 0.321 e. The first-order chi connectivity index (χ1) is 14.2. The number of thiazole rings is 1. The Hall–Kier alpha value is -3.84. The van der Waals surface area contributed by atoms with Gasteiger partial charge in [0.2, 0.25) is 0 Å². The first-order valence-corrected chi connectivity index (χ1v) is 9.71. The van der Waals surface area contributed by atoms with Gasteiger partial charge in [0.05, 0.1) is 16.9 Å². The summed E-state index contributed by atoms with van der Waals surface area (Å²) in [6.45, 7) is 0. The van der Waals surface area contributed by atoms with Crippen LogP contribution in [0.25, 0.3) is 11.3 Å². The van der Waals surface area contributed by atoms with E-state index in [0.29, 0.717) is 21.9 Å². The van der Waals surface area contributed by atoms with Gasteiger partial charge in [-0.05, 0) is 36.4 Å². The SMILES string of the molecule is O=C(Nc1ccccc1C(=O)Nc1nc(-c2cccnc2)cs1)c1ccccc1. The molecule has 0 saturated heterocycles.